The lowest BCUT2D eigenvalue weighted by atomic mass is 9.89. The maximum Gasteiger partial charge on any atom is 0.0965 e. The van der Waals surface area contributed by atoms with Gasteiger partial charge in [-0.3, -0.25) is 0 Å². The lowest BCUT2D eigenvalue weighted by Crippen LogP contribution is -2.00. The Balaban J connectivity index is 2.46. The number of hydrogen-bond acceptors (Lipinski definition) is 1. The number of benzene rings is 2. The van der Waals surface area contributed by atoms with E-state index in [9.17, 15) is 5.26 Å². The summed E-state index contributed by atoms with van der Waals surface area (Å²) in [6.07, 6.45) is 0. The van der Waals surface area contributed by atoms with Crippen LogP contribution in [0.2, 0.25) is 5.02 Å². The molecule has 0 bridgehead atoms. The fraction of sp³-hybridized carbons (Fsp3) is 0.188. The molecular formula is C16H14ClN. The fourth-order valence-corrected chi connectivity index (χ4v) is 2.25. The molecule has 0 spiro atoms. The number of hydrogen-bond donors (Lipinski definition) is 0. The standard InChI is InChI=1S/C16H14ClN/c1-11-3-8-15(12(2)9-11)16(10-18)13-4-6-14(17)7-5-13/h3-9,16H,1-2H3. The van der Waals surface area contributed by atoms with Gasteiger partial charge in [-0.25, -0.2) is 0 Å². The average molecular weight is 256 g/mol. The Morgan fingerprint density at radius 2 is 1.72 bits per heavy atom. The lowest BCUT2D eigenvalue weighted by Gasteiger charge is -2.13. The van der Waals surface area contributed by atoms with Gasteiger partial charge in [0.1, 0.15) is 0 Å². The van der Waals surface area contributed by atoms with E-state index in [1.807, 2.05) is 43.3 Å². The van der Waals surface area contributed by atoms with Gasteiger partial charge in [0, 0.05) is 5.02 Å². The van der Waals surface area contributed by atoms with E-state index in [1.54, 1.807) is 0 Å². The summed E-state index contributed by atoms with van der Waals surface area (Å²) >= 11 is 5.87. The Hall–Kier alpha value is -1.78. The molecule has 0 radical (unpaired) electrons. The molecule has 0 aromatic heterocycles. The van der Waals surface area contributed by atoms with Crippen LogP contribution in [0, 0.1) is 25.2 Å². The molecule has 2 heteroatoms. The second kappa shape index (κ2) is 5.25. The SMILES string of the molecule is Cc1ccc(C(C#N)c2ccc(Cl)cc2)c(C)c1. The van der Waals surface area contributed by atoms with E-state index >= 15 is 0 Å². The van der Waals surface area contributed by atoms with Crippen LogP contribution in [0.15, 0.2) is 42.5 Å². The third-order valence-electron chi connectivity index (χ3n) is 3.07. The number of rotatable bonds is 2. The van der Waals surface area contributed by atoms with Crippen LogP contribution in [0.25, 0.3) is 0 Å². The Morgan fingerprint density at radius 3 is 2.28 bits per heavy atom. The molecule has 0 heterocycles. The predicted octanol–water partition coefficient (Wildman–Crippen LogP) is 4.61. The van der Waals surface area contributed by atoms with Gasteiger partial charge in [-0.15, -0.1) is 0 Å². The molecule has 0 amide bonds. The van der Waals surface area contributed by atoms with Crippen molar-refractivity contribution < 1.29 is 0 Å². The normalized spacial score (nSPS) is 11.9. The third-order valence-corrected chi connectivity index (χ3v) is 3.32. The zero-order valence-electron chi connectivity index (χ0n) is 10.4. The first-order valence-electron chi connectivity index (χ1n) is 5.84. The van der Waals surface area contributed by atoms with Crippen molar-refractivity contribution in [2.45, 2.75) is 19.8 Å². The maximum absolute atomic E-state index is 9.41. The second-order valence-corrected chi connectivity index (χ2v) is 4.91. The highest BCUT2D eigenvalue weighted by atomic mass is 35.5. The van der Waals surface area contributed by atoms with Gasteiger partial charge >= 0.3 is 0 Å². The molecule has 2 rings (SSSR count). The highest BCUT2D eigenvalue weighted by Crippen LogP contribution is 2.28. The Labute approximate surface area is 113 Å². The Kier molecular flexibility index (Phi) is 3.69. The zero-order valence-corrected chi connectivity index (χ0v) is 11.2. The van der Waals surface area contributed by atoms with Crippen molar-refractivity contribution in [2.75, 3.05) is 0 Å². The summed E-state index contributed by atoms with van der Waals surface area (Å²) in [6.45, 7) is 4.10. The second-order valence-electron chi connectivity index (χ2n) is 4.47. The third kappa shape index (κ3) is 2.55. The molecule has 1 unspecified atom stereocenters. The molecule has 0 aliphatic heterocycles. The van der Waals surface area contributed by atoms with Gasteiger partial charge in [0.05, 0.1) is 12.0 Å². The quantitative estimate of drug-likeness (QED) is 0.769. The largest absolute Gasteiger partial charge is 0.197 e. The van der Waals surface area contributed by atoms with Gasteiger partial charge in [0.2, 0.25) is 0 Å². The van der Waals surface area contributed by atoms with E-state index in [0.29, 0.717) is 5.02 Å². The summed E-state index contributed by atoms with van der Waals surface area (Å²) in [7, 11) is 0. The highest BCUT2D eigenvalue weighted by Gasteiger charge is 2.15. The van der Waals surface area contributed by atoms with Crippen molar-refractivity contribution in [3.63, 3.8) is 0 Å². The van der Waals surface area contributed by atoms with Gasteiger partial charge < -0.3 is 0 Å². The summed E-state index contributed by atoms with van der Waals surface area (Å²) in [5.74, 6) is -0.233. The molecule has 0 saturated carbocycles. The van der Waals surface area contributed by atoms with Crippen molar-refractivity contribution in [1.29, 1.82) is 5.26 Å². The first kappa shape index (κ1) is 12.7. The topological polar surface area (TPSA) is 23.8 Å². The van der Waals surface area contributed by atoms with Crippen LogP contribution in [0.5, 0.6) is 0 Å². The van der Waals surface area contributed by atoms with Gasteiger partial charge in [0.15, 0.2) is 0 Å². The van der Waals surface area contributed by atoms with E-state index in [-0.39, 0.29) is 5.92 Å². The van der Waals surface area contributed by atoms with E-state index in [4.69, 9.17) is 11.6 Å². The Morgan fingerprint density at radius 1 is 1.06 bits per heavy atom. The smallest absolute Gasteiger partial charge is 0.0965 e. The van der Waals surface area contributed by atoms with E-state index in [0.717, 1.165) is 16.7 Å². The van der Waals surface area contributed by atoms with Gasteiger partial charge in [-0.05, 0) is 42.7 Å². The van der Waals surface area contributed by atoms with Crippen LogP contribution in [-0.2, 0) is 0 Å². The summed E-state index contributed by atoms with van der Waals surface area (Å²) in [5.41, 5.74) is 4.40. The monoisotopic (exact) mass is 255 g/mol. The number of aryl methyl sites for hydroxylation is 2. The highest BCUT2D eigenvalue weighted by molar-refractivity contribution is 6.30. The molecule has 0 saturated heterocycles. The molecule has 0 aliphatic carbocycles. The van der Waals surface area contributed by atoms with Crippen molar-refractivity contribution in [1.82, 2.24) is 0 Å². The molecule has 18 heavy (non-hydrogen) atoms. The van der Waals surface area contributed by atoms with Crippen molar-refractivity contribution in [3.05, 3.63) is 69.7 Å². The van der Waals surface area contributed by atoms with Crippen LogP contribution in [0.1, 0.15) is 28.2 Å². The maximum atomic E-state index is 9.41. The number of halogens is 1. The summed E-state index contributed by atoms with van der Waals surface area (Å²) in [6, 6.07) is 16.0. The molecule has 90 valence electrons. The first-order valence-corrected chi connectivity index (χ1v) is 6.22. The minimum atomic E-state index is -0.233. The molecule has 0 fully saturated rings. The first-order chi connectivity index (χ1) is 8.61. The summed E-state index contributed by atoms with van der Waals surface area (Å²) < 4.78 is 0. The Bertz CT molecular complexity index is 593. The lowest BCUT2D eigenvalue weighted by molar-refractivity contribution is 1.02. The van der Waals surface area contributed by atoms with Crippen LogP contribution < -0.4 is 0 Å². The van der Waals surface area contributed by atoms with Crippen LogP contribution in [-0.4, -0.2) is 0 Å². The van der Waals surface area contributed by atoms with Crippen LogP contribution in [0.3, 0.4) is 0 Å². The molecule has 0 aliphatic rings. The molecule has 1 atom stereocenters. The van der Waals surface area contributed by atoms with Crippen molar-refractivity contribution in [2.24, 2.45) is 0 Å². The van der Waals surface area contributed by atoms with E-state index < -0.39 is 0 Å². The minimum absolute atomic E-state index is 0.233. The number of nitriles is 1. The molecule has 2 aromatic carbocycles. The zero-order chi connectivity index (χ0) is 13.1. The van der Waals surface area contributed by atoms with Gasteiger partial charge in [-0.1, -0.05) is 47.5 Å². The van der Waals surface area contributed by atoms with Gasteiger partial charge in [-0.2, -0.15) is 5.26 Å². The van der Waals surface area contributed by atoms with Crippen molar-refractivity contribution >= 4 is 11.6 Å². The fourth-order valence-electron chi connectivity index (χ4n) is 2.13. The van der Waals surface area contributed by atoms with Gasteiger partial charge in [0.25, 0.3) is 0 Å². The summed E-state index contributed by atoms with van der Waals surface area (Å²) in [4.78, 5) is 0. The molecule has 0 N–H and O–H groups in total. The molecular weight excluding hydrogens is 242 g/mol. The minimum Gasteiger partial charge on any atom is -0.197 e. The average Bonchev–Trinajstić information content (AvgIpc) is 2.35. The van der Waals surface area contributed by atoms with E-state index in [1.165, 1.54) is 5.56 Å². The summed E-state index contributed by atoms with van der Waals surface area (Å²) in [5, 5.41) is 10.1. The van der Waals surface area contributed by atoms with Crippen molar-refractivity contribution in [3.8, 4) is 6.07 Å². The number of nitrogens with zero attached hydrogens (tertiary/aromatic N) is 1. The van der Waals surface area contributed by atoms with Crippen LogP contribution in [0.4, 0.5) is 0 Å². The molecule has 1 nitrogen and oxygen atoms in total. The predicted molar refractivity (Wildman–Crippen MR) is 74.8 cm³/mol. The van der Waals surface area contributed by atoms with E-state index in [2.05, 4.69) is 19.1 Å². The molecule has 2 aromatic rings. The van der Waals surface area contributed by atoms with Crippen LogP contribution >= 0.6 is 11.6 Å².